The average Bonchev–Trinajstić information content (AvgIpc) is 2.91. The van der Waals surface area contributed by atoms with Gasteiger partial charge in [0.25, 0.3) is 4.84 Å². The molecule has 148 valence electrons. The predicted octanol–water partition coefficient (Wildman–Crippen LogP) is 4.74. The summed E-state index contributed by atoms with van der Waals surface area (Å²) in [7, 11) is 3.76. The molecule has 0 unspecified atom stereocenters. The molecule has 3 aromatic rings. The number of carbonyl (C=O) groups is 1. The van der Waals surface area contributed by atoms with Crippen molar-refractivity contribution in [3.8, 4) is 5.75 Å². The third kappa shape index (κ3) is 4.50. The van der Waals surface area contributed by atoms with Crippen molar-refractivity contribution in [1.82, 2.24) is 9.47 Å². The van der Waals surface area contributed by atoms with Crippen molar-refractivity contribution in [2.75, 3.05) is 27.2 Å². The molecule has 0 radical (unpaired) electrons. The smallest absolute Gasteiger partial charge is 0.341 e. The van der Waals surface area contributed by atoms with Crippen LogP contribution >= 0.6 is 35.4 Å². The lowest BCUT2D eigenvalue weighted by Crippen LogP contribution is -2.20. The number of carbonyl (C=O) groups excluding carboxylic acids is 1. The predicted molar refractivity (Wildman–Crippen MR) is 111 cm³/mol. The number of aromatic nitrogens is 1. The van der Waals surface area contributed by atoms with Crippen molar-refractivity contribution in [1.29, 1.82) is 0 Å². The first-order valence-corrected chi connectivity index (χ1v) is 9.55. The molecule has 0 aliphatic carbocycles. The Morgan fingerprint density at radius 2 is 2.04 bits per heavy atom. The molecule has 6 nitrogen and oxygen atoms in total. The SMILES string of the molecule is CN(C)CCOC(=O)c1ccc(Cn2c(=S)oc3c(Cl)cc(Cl)cc32)cc1O. The summed E-state index contributed by atoms with van der Waals surface area (Å²) in [6, 6.07) is 8.02. The van der Waals surface area contributed by atoms with Gasteiger partial charge in [0.2, 0.25) is 0 Å². The Labute approximate surface area is 176 Å². The maximum atomic E-state index is 12.1. The minimum absolute atomic E-state index is 0.106. The Morgan fingerprint density at radius 3 is 2.71 bits per heavy atom. The minimum Gasteiger partial charge on any atom is -0.507 e. The lowest BCUT2D eigenvalue weighted by atomic mass is 10.1. The van der Waals surface area contributed by atoms with E-state index in [9.17, 15) is 9.90 Å². The second kappa shape index (κ2) is 8.53. The van der Waals surface area contributed by atoms with E-state index in [1.165, 1.54) is 12.1 Å². The molecule has 0 aliphatic rings. The molecule has 0 saturated heterocycles. The third-order valence-corrected chi connectivity index (χ3v) is 4.89. The fourth-order valence-electron chi connectivity index (χ4n) is 2.67. The molecule has 1 aromatic heterocycles. The number of fused-ring (bicyclic) bond motifs is 1. The van der Waals surface area contributed by atoms with E-state index in [1.807, 2.05) is 19.0 Å². The third-order valence-electron chi connectivity index (χ3n) is 4.08. The summed E-state index contributed by atoms with van der Waals surface area (Å²) >= 11 is 17.5. The molecule has 3 rings (SSSR count). The molecular formula is C19H18Cl2N2O4S. The van der Waals surface area contributed by atoms with Crippen LogP contribution in [0.15, 0.2) is 34.7 Å². The molecule has 28 heavy (non-hydrogen) atoms. The highest BCUT2D eigenvalue weighted by Gasteiger charge is 2.16. The van der Waals surface area contributed by atoms with Crippen molar-refractivity contribution < 1.29 is 19.1 Å². The molecule has 2 aromatic carbocycles. The van der Waals surface area contributed by atoms with Crippen molar-refractivity contribution in [3.05, 3.63) is 56.3 Å². The number of oxazole rings is 1. The number of aromatic hydroxyl groups is 1. The molecule has 0 bridgehead atoms. The number of ether oxygens (including phenoxy) is 1. The number of hydrogen-bond donors (Lipinski definition) is 1. The van der Waals surface area contributed by atoms with Crippen LogP contribution in [0.5, 0.6) is 5.75 Å². The van der Waals surface area contributed by atoms with E-state index >= 15 is 0 Å². The fraction of sp³-hybridized carbons (Fsp3) is 0.263. The van der Waals surface area contributed by atoms with Gasteiger partial charge in [-0.25, -0.2) is 4.79 Å². The monoisotopic (exact) mass is 440 g/mol. The van der Waals surface area contributed by atoms with Gasteiger partial charge in [0, 0.05) is 11.6 Å². The number of halogens is 2. The molecule has 1 heterocycles. The quantitative estimate of drug-likeness (QED) is 0.440. The van der Waals surface area contributed by atoms with Gasteiger partial charge in [-0.2, -0.15) is 0 Å². The maximum absolute atomic E-state index is 12.1. The van der Waals surface area contributed by atoms with Crippen molar-refractivity contribution in [3.63, 3.8) is 0 Å². The van der Waals surface area contributed by atoms with Crippen LogP contribution in [-0.2, 0) is 11.3 Å². The first kappa shape index (κ1) is 20.7. The number of phenolic OH excluding ortho intramolecular Hbond substituents is 1. The van der Waals surface area contributed by atoms with Gasteiger partial charge in [0.05, 0.1) is 17.1 Å². The highest BCUT2D eigenvalue weighted by atomic mass is 35.5. The van der Waals surface area contributed by atoms with Crippen LogP contribution in [-0.4, -0.2) is 47.8 Å². The van der Waals surface area contributed by atoms with Crippen LogP contribution in [0.1, 0.15) is 15.9 Å². The summed E-state index contributed by atoms with van der Waals surface area (Å²) < 4.78 is 12.4. The number of esters is 1. The molecule has 0 amide bonds. The van der Waals surface area contributed by atoms with E-state index < -0.39 is 5.97 Å². The van der Waals surface area contributed by atoms with Crippen LogP contribution < -0.4 is 0 Å². The second-order valence-electron chi connectivity index (χ2n) is 6.48. The number of rotatable bonds is 6. The second-order valence-corrected chi connectivity index (χ2v) is 7.67. The van der Waals surface area contributed by atoms with Gasteiger partial charge < -0.3 is 19.2 Å². The van der Waals surface area contributed by atoms with Crippen LogP contribution in [0.4, 0.5) is 0 Å². The van der Waals surface area contributed by atoms with Gasteiger partial charge >= 0.3 is 5.97 Å². The standard InChI is InChI=1S/C19H18Cl2N2O4S/c1-22(2)5-6-26-18(25)13-4-3-11(7-16(13)24)10-23-15-9-12(20)8-14(21)17(15)27-19(23)28/h3-4,7-9,24H,5-6,10H2,1-2H3. The van der Waals surface area contributed by atoms with Crippen molar-refractivity contribution in [2.45, 2.75) is 6.54 Å². The van der Waals surface area contributed by atoms with E-state index in [-0.39, 0.29) is 22.8 Å². The molecule has 0 aliphatic heterocycles. The summed E-state index contributed by atoms with van der Waals surface area (Å²) in [5.74, 6) is -0.738. The first-order valence-electron chi connectivity index (χ1n) is 8.38. The minimum atomic E-state index is -0.574. The van der Waals surface area contributed by atoms with Crippen LogP contribution in [0, 0.1) is 4.84 Å². The molecule has 1 N–H and O–H groups in total. The zero-order chi connectivity index (χ0) is 20.4. The summed E-state index contributed by atoms with van der Waals surface area (Å²) in [4.78, 5) is 14.2. The molecule has 9 heteroatoms. The van der Waals surface area contributed by atoms with Crippen LogP contribution in [0.3, 0.4) is 0 Å². The highest BCUT2D eigenvalue weighted by molar-refractivity contribution is 7.71. The van der Waals surface area contributed by atoms with Gasteiger partial charge in [-0.05, 0) is 56.1 Å². The van der Waals surface area contributed by atoms with Gasteiger partial charge in [0.1, 0.15) is 17.9 Å². The van der Waals surface area contributed by atoms with Crippen LogP contribution in [0.25, 0.3) is 11.1 Å². The van der Waals surface area contributed by atoms with E-state index in [0.29, 0.717) is 34.2 Å². The van der Waals surface area contributed by atoms with E-state index in [1.54, 1.807) is 22.8 Å². The first-order chi connectivity index (χ1) is 13.3. The van der Waals surface area contributed by atoms with Crippen molar-refractivity contribution >= 4 is 52.5 Å². The number of likely N-dealkylation sites (N-methyl/N-ethyl adjacent to an activating group) is 1. The average molecular weight is 441 g/mol. The summed E-state index contributed by atoms with van der Waals surface area (Å²) in [5, 5.41) is 11.1. The zero-order valence-corrected chi connectivity index (χ0v) is 17.6. The largest absolute Gasteiger partial charge is 0.507 e. The molecule has 0 fully saturated rings. The van der Waals surface area contributed by atoms with Gasteiger partial charge in [-0.15, -0.1) is 0 Å². The molecular weight excluding hydrogens is 423 g/mol. The van der Waals surface area contributed by atoms with Gasteiger partial charge in [-0.1, -0.05) is 29.3 Å². The summed E-state index contributed by atoms with van der Waals surface area (Å²) in [6.07, 6.45) is 0. The van der Waals surface area contributed by atoms with Gasteiger partial charge in [-0.3, -0.25) is 4.57 Å². The molecule has 0 atom stereocenters. The number of phenols is 1. The van der Waals surface area contributed by atoms with E-state index in [4.69, 9.17) is 44.6 Å². The number of nitrogens with zero attached hydrogens (tertiary/aromatic N) is 2. The topological polar surface area (TPSA) is 67.8 Å². The van der Waals surface area contributed by atoms with E-state index in [0.717, 1.165) is 5.56 Å². The van der Waals surface area contributed by atoms with Crippen LogP contribution in [0.2, 0.25) is 10.0 Å². The highest BCUT2D eigenvalue weighted by Crippen LogP contribution is 2.30. The van der Waals surface area contributed by atoms with Crippen molar-refractivity contribution in [2.24, 2.45) is 0 Å². The normalized spacial score (nSPS) is 11.3. The lowest BCUT2D eigenvalue weighted by Gasteiger charge is -2.11. The Balaban J connectivity index is 1.84. The Hall–Kier alpha value is -2.06. The fourth-order valence-corrected chi connectivity index (χ4v) is 3.44. The zero-order valence-electron chi connectivity index (χ0n) is 15.2. The number of hydrogen-bond acceptors (Lipinski definition) is 6. The maximum Gasteiger partial charge on any atom is 0.341 e. The van der Waals surface area contributed by atoms with Gasteiger partial charge in [0.15, 0.2) is 5.58 Å². The Kier molecular flexibility index (Phi) is 6.30. The number of benzene rings is 2. The summed E-state index contributed by atoms with van der Waals surface area (Å²) in [5.41, 5.74) is 1.92. The molecule has 0 saturated carbocycles. The Morgan fingerprint density at radius 1 is 1.29 bits per heavy atom. The molecule has 0 spiro atoms. The lowest BCUT2D eigenvalue weighted by molar-refractivity contribution is 0.0478. The Bertz CT molecular complexity index is 1090. The summed E-state index contributed by atoms with van der Waals surface area (Å²) in [6.45, 7) is 1.15. The van der Waals surface area contributed by atoms with E-state index in [2.05, 4.69) is 0 Å².